The zero-order valence-corrected chi connectivity index (χ0v) is 13.8. The molecular formula is C18H18ClNO4. The van der Waals surface area contributed by atoms with Crippen LogP contribution in [0.3, 0.4) is 0 Å². The summed E-state index contributed by atoms with van der Waals surface area (Å²) >= 11 is 6.09. The molecule has 0 unspecified atom stereocenters. The number of rotatable bonds is 5. The number of hydrogen-bond acceptors (Lipinski definition) is 3. The fourth-order valence-electron chi connectivity index (χ4n) is 3.34. The van der Waals surface area contributed by atoms with Gasteiger partial charge in [0.15, 0.2) is 0 Å². The lowest BCUT2D eigenvalue weighted by Gasteiger charge is -2.28. The molecule has 1 aliphatic rings. The SMILES string of the molecule is O=C(O)c1ccc(CNC(=O)C2(c3cccc(Cl)c3)CCCC2)o1. The first-order valence-electron chi connectivity index (χ1n) is 7.88. The minimum atomic E-state index is -1.13. The Labute approximate surface area is 144 Å². The van der Waals surface area contributed by atoms with Crippen LogP contribution in [0.25, 0.3) is 0 Å². The number of aromatic carboxylic acids is 1. The molecule has 1 amide bonds. The molecule has 0 spiro atoms. The second-order valence-corrected chi connectivity index (χ2v) is 6.49. The predicted molar refractivity (Wildman–Crippen MR) is 89.1 cm³/mol. The molecule has 1 aromatic carbocycles. The summed E-state index contributed by atoms with van der Waals surface area (Å²) in [6, 6.07) is 10.4. The van der Waals surface area contributed by atoms with E-state index in [1.54, 1.807) is 12.1 Å². The maximum absolute atomic E-state index is 12.9. The van der Waals surface area contributed by atoms with Crippen molar-refractivity contribution in [2.24, 2.45) is 0 Å². The summed E-state index contributed by atoms with van der Waals surface area (Å²) in [4.78, 5) is 23.7. The molecule has 0 bridgehead atoms. The average Bonchev–Trinajstić information content (AvgIpc) is 3.23. The number of carbonyl (C=O) groups is 2. The highest BCUT2D eigenvalue weighted by Gasteiger charge is 2.42. The third-order valence-electron chi connectivity index (χ3n) is 4.56. The number of nitrogens with one attached hydrogen (secondary N) is 1. The molecule has 0 aliphatic heterocycles. The van der Waals surface area contributed by atoms with Crippen LogP contribution in [-0.4, -0.2) is 17.0 Å². The summed E-state index contributed by atoms with van der Waals surface area (Å²) in [5.41, 5.74) is 0.350. The van der Waals surface area contributed by atoms with E-state index in [4.69, 9.17) is 21.1 Å². The van der Waals surface area contributed by atoms with Gasteiger partial charge in [0.2, 0.25) is 11.7 Å². The van der Waals surface area contributed by atoms with Gasteiger partial charge in [0.1, 0.15) is 5.76 Å². The lowest BCUT2D eigenvalue weighted by atomic mass is 9.78. The first-order chi connectivity index (χ1) is 11.5. The molecular weight excluding hydrogens is 330 g/mol. The van der Waals surface area contributed by atoms with Gasteiger partial charge in [0.05, 0.1) is 12.0 Å². The van der Waals surface area contributed by atoms with Crippen LogP contribution < -0.4 is 5.32 Å². The average molecular weight is 348 g/mol. The monoisotopic (exact) mass is 347 g/mol. The minimum Gasteiger partial charge on any atom is -0.475 e. The highest BCUT2D eigenvalue weighted by Crippen LogP contribution is 2.42. The third kappa shape index (κ3) is 3.17. The lowest BCUT2D eigenvalue weighted by Crippen LogP contribution is -2.42. The van der Waals surface area contributed by atoms with E-state index in [0.717, 1.165) is 31.2 Å². The molecule has 1 saturated carbocycles. The molecule has 5 nitrogen and oxygen atoms in total. The van der Waals surface area contributed by atoms with Gasteiger partial charge in [-0.3, -0.25) is 4.79 Å². The normalized spacial score (nSPS) is 16.0. The third-order valence-corrected chi connectivity index (χ3v) is 4.80. The molecule has 1 aliphatic carbocycles. The second-order valence-electron chi connectivity index (χ2n) is 6.05. The number of carboxylic acid groups (broad SMARTS) is 1. The highest BCUT2D eigenvalue weighted by atomic mass is 35.5. The first-order valence-corrected chi connectivity index (χ1v) is 8.25. The molecule has 0 atom stereocenters. The van der Waals surface area contributed by atoms with E-state index in [1.165, 1.54) is 6.07 Å². The van der Waals surface area contributed by atoms with Crippen molar-refractivity contribution in [2.45, 2.75) is 37.6 Å². The molecule has 1 fully saturated rings. The highest BCUT2D eigenvalue weighted by molar-refractivity contribution is 6.30. The zero-order chi connectivity index (χ0) is 17.2. The summed E-state index contributed by atoms with van der Waals surface area (Å²) in [7, 11) is 0. The number of carboxylic acids is 1. The van der Waals surface area contributed by atoms with Crippen LogP contribution >= 0.6 is 11.6 Å². The zero-order valence-electron chi connectivity index (χ0n) is 13.0. The van der Waals surface area contributed by atoms with Gasteiger partial charge in [-0.1, -0.05) is 36.6 Å². The van der Waals surface area contributed by atoms with Gasteiger partial charge in [-0.05, 0) is 42.7 Å². The summed E-state index contributed by atoms with van der Waals surface area (Å²) in [5.74, 6) is -0.918. The Morgan fingerprint density at radius 1 is 1.21 bits per heavy atom. The van der Waals surface area contributed by atoms with E-state index in [2.05, 4.69) is 5.32 Å². The van der Waals surface area contributed by atoms with Crippen molar-refractivity contribution >= 4 is 23.5 Å². The van der Waals surface area contributed by atoms with Crippen LogP contribution in [0.2, 0.25) is 5.02 Å². The van der Waals surface area contributed by atoms with Gasteiger partial charge in [-0.2, -0.15) is 0 Å². The maximum atomic E-state index is 12.9. The predicted octanol–water partition coefficient (Wildman–Crippen LogP) is 3.76. The van der Waals surface area contributed by atoms with Gasteiger partial charge >= 0.3 is 5.97 Å². The van der Waals surface area contributed by atoms with Crippen molar-refractivity contribution < 1.29 is 19.1 Å². The van der Waals surface area contributed by atoms with Gasteiger partial charge in [-0.15, -0.1) is 0 Å². The van der Waals surface area contributed by atoms with Gasteiger partial charge in [-0.25, -0.2) is 4.79 Å². The van der Waals surface area contributed by atoms with Crippen molar-refractivity contribution in [1.29, 1.82) is 0 Å². The number of benzene rings is 1. The largest absolute Gasteiger partial charge is 0.475 e. The smallest absolute Gasteiger partial charge is 0.371 e. The minimum absolute atomic E-state index is 0.0736. The van der Waals surface area contributed by atoms with E-state index < -0.39 is 11.4 Å². The molecule has 2 N–H and O–H groups in total. The van der Waals surface area contributed by atoms with Crippen molar-refractivity contribution in [3.8, 4) is 0 Å². The van der Waals surface area contributed by atoms with E-state index >= 15 is 0 Å². The van der Waals surface area contributed by atoms with Gasteiger partial charge in [0.25, 0.3) is 0 Å². The van der Waals surface area contributed by atoms with Crippen LogP contribution in [-0.2, 0) is 16.8 Å². The van der Waals surface area contributed by atoms with Crippen LogP contribution in [0.4, 0.5) is 0 Å². The second kappa shape index (κ2) is 6.69. The summed E-state index contributed by atoms with van der Waals surface area (Å²) in [6.45, 7) is 0.161. The molecule has 0 radical (unpaired) electrons. The summed E-state index contributed by atoms with van der Waals surface area (Å²) in [6.07, 6.45) is 3.53. The number of amides is 1. The molecule has 1 aromatic heterocycles. The topological polar surface area (TPSA) is 79.5 Å². The Morgan fingerprint density at radius 3 is 2.58 bits per heavy atom. The quantitative estimate of drug-likeness (QED) is 0.863. The van der Waals surface area contributed by atoms with Crippen molar-refractivity contribution in [3.63, 3.8) is 0 Å². The van der Waals surface area contributed by atoms with E-state index in [9.17, 15) is 9.59 Å². The van der Waals surface area contributed by atoms with Crippen LogP contribution in [0, 0.1) is 0 Å². The molecule has 24 heavy (non-hydrogen) atoms. The van der Waals surface area contributed by atoms with Crippen molar-refractivity contribution in [3.05, 3.63) is 58.5 Å². The molecule has 2 aromatic rings. The fraction of sp³-hybridized carbons (Fsp3) is 0.333. The Hall–Kier alpha value is -2.27. The van der Waals surface area contributed by atoms with Gasteiger partial charge in [0, 0.05) is 5.02 Å². The number of furan rings is 1. The van der Waals surface area contributed by atoms with E-state index in [1.807, 2.05) is 18.2 Å². The Morgan fingerprint density at radius 2 is 1.96 bits per heavy atom. The number of carbonyl (C=O) groups excluding carboxylic acids is 1. The van der Waals surface area contributed by atoms with Crippen molar-refractivity contribution in [2.75, 3.05) is 0 Å². The Kier molecular flexibility index (Phi) is 4.62. The Balaban J connectivity index is 1.76. The van der Waals surface area contributed by atoms with E-state index in [0.29, 0.717) is 10.8 Å². The van der Waals surface area contributed by atoms with Crippen LogP contribution in [0.15, 0.2) is 40.8 Å². The lowest BCUT2D eigenvalue weighted by molar-refractivity contribution is -0.126. The Bertz CT molecular complexity index is 762. The maximum Gasteiger partial charge on any atom is 0.371 e. The van der Waals surface area contributed by atoms with E-state index in [-0.39, 0.29) is 18.2 Å². The molecule has 126 valence electrons. The van der Waals surface area contributed by atoms with Crippen LogP contribution in [0.1, 0.15) is 47.6 Å². The number of halogens is 1. The number of hydrogen-bond donors (Lipinski definition) is 2. The molecule has 6 heteroatoms. The van der Waals surface area contributed by atoms with Gasteiger partial charge < -0.3 is 14.8 Å². The summed E-state index contributed by atoms with van der Waals surface area (Å²) in [5, 5.41) is 12.4. The summed E-state index contributed by atoms with van der Waals surface area (Å²) < 4.78 is 5.18. The molecule has 1 heterocycles. The molecule has 3 rings (SSSR count). The fourth-order valence-corrected chi connectivity index (χ4v) is 3.53. The molecule has 0 saturated heterocycles. The van der Waals surface area contributed by atoms with Crippen molar-refractivity contribution in [1.82, 2.24) is 5.32 Å². The van der Waals surface area contributed by atoms with Crippen LogP contribution in [0.5, 0.6) is 0 Å². The standard InChI is InChI=1S/C18H18ClNO4/c19-13-5-3-4-12(10-13)18(8-1-2-9-18)17(23)20-11-14-6-7-15(24-14)16(21)22/h3-7,10H,1-2,8-9,11H2,(H,20,23)(H,21,22). The first kappa shape index (κ1) is 16.6.